The molecular weight excluding hydrogens is 360 g/mol. The molecule has 0 spiro atoms. The topological polar surface area (TPSA) is 49.3 Å². The third-order valence-corrected chi connectivity index (χ3v) is 5.82. The predicted molar refractivity (Wildman–Crippen MR) is 105 cm³/mol. The summed E-state index contributed by atoms with van der Waals surface area (Å²) in [6, 6.07) is 8.33. The zero-order valence-corrected chi connectivity index (χ0v) is 16.5. The lowest BCUT2D eigenvalue weighted by Gasteiger charge is -2.35. The molecule has 1 aromatic heterocycles. The Morgan fingerprint density at radius 2 is 2.19 bits per heavy atom. The predicted octanol–water partition coefficient (Wildman–Crippen LogP) is 3.76. The number of likely N-dealkylation sites (tertiary alicyclic amines) is 1. The van der Waals surface area contributed by atoms with Gasteiger partial charge in [-0.1, -0.05) is 30.2 Å². The lowest BCUT2D eigenvalue weighted by Crippen LogP contribution is -2.36. The normalized spacial score (nSPS) is 20.4. The summed E-state index contributed by atoms with van der Waals surface area (Å²) in [4.78, 5) is 25.6. The SMILES string of the molecule is CC(=O)N1CCc2nc([C@H]3CCCCN3Cc3cccc(Cl)c3)ncc2C1. The third kappa shape index (κ3) is 4.14. The van der Waals surface area contributed by atoms with Gasteiger partial charge in [0.25, 0.3) is 0 Å². The number of amides is 1. The maximum Gasteiger partial charge on any atom is 0.219 e. The highest BCUT2D eigenvalue weighted by Crippen LogP contribution is 2.31. The van der Waals surface area contributed by atoms with E-state index in [1.54, 1.807) is 6.92 Å². The first kappa shape index (κ1) is 18.4. The van der Waals surface area contributed by atoms with E-state index in [2.05, 4.69) is 11.0 Å². The maximum absolute atomic E-state index is 11.6. The van der Waals surface area contributed by atoms with Gasteiger partial charge in [0.2, 0.25) is 5.91 Å². The van der Waals surface area contributed by atoms with Crippen LogP contribution < -0.4 is 0 Å². The molecule has 0 bridgehead atoms. The molecule has 3 heterocycles. The number of hydrogen-bond donors (Lipinski definition) is 0. The van der Waals surface area contributed by atoms with Crippen LogP contribution in [-0.4, -0.2) is 38.8 Å². The second-order valence-corrected chi connectivity index (χ2v) is 7.94. The molecule has 6 heteroatoms. The van der Waals surface area contributed by atoms with Crippen LogP contribution in [0.3, 0.4) is 0 Å². The lowest BCUT2D eigenvalue weighted by molar-refractivity contribution is -0.129. The average molecular weight is 385 g/mol. The van der Waals surface area contributed by atoms with Crippen molar-refractivity contribution in [3.63, 3.8) is 0 Å². The fourth-order valence-electron chi connectivity index (χ4n) is 4.10. The van der Waals surface area contributed by atoms with Gasteiger partial charge in [-0.3, -0.25) is 9.69 Å². The second-order valence-electron chi connectivity index (χ2n) is 7.50. The molecule has 142 valence electrons. The molecule has 1 saturated heterocycles. The van der Waals surface area contributed by atoms with E-state index >= 15 is 0 Å². The summed E-state index contributed by atoms with van der Waals surface area (Å²) in [6.45, 7) is 4.91. The molecule has 0 N–H and O–H groups in total. The molecular formula is C21H25ClN4O. The quantitative estimate of drug-likeness (QED) is 0.808. The van der Waals surface area contributed by atoms with Gasteiger partial charge in [0.1, 0.15) is 5.82 Å². The van der Waals surface area contributed by atoms with Crippen LogP contribution in [0.25, 0.3) is 0 Å². The minimum atomic E-state index is 0.115. The van der Waals surface area contributed by atoms with Crippen molar-refractivity contribution in [2.24, 2.45) is 0 Å². The van der Waals surface area contributed by atoms with Gasteiger partial charge in [-0.15, -0.1) is 0 Å². The molecule has 0 unspecified atom stereocenters. The summed E-state index contributed by atoms with van der Waals surface area (Å²) < 4.78 is 0. The van der Waals surface area contributed by atoms with E-state index < -0.39 is 0 Å². The molecule has 1 atom stereocenters. The number of aromatic nitrogens is 2. The molecule has 4 rings (SSSR count). The highest BCUT2D eigenvalue weighted by Gasteiger charge is 2.28. The molecule has 0 aliphatic carbocycles. The first-order chi connectivity index (χ1) is 13.1. The summed E-state index contributed by atoms with van der Waals surface area (Å²) in [5.74, 6) is 1.04. The number of fused-ring (bicyclic) bond motifs is 1. The average Bonchev–Trinajstić information content (AvgIpc) is 2.67. The van der Waals surface area contributed by atoms with Crippen molar-refractivity contribution >= 4 is 17.5 Å². The van der Waals surface area contributed by atoms with Crippen LogP contribution >= 0.6 is 11.6 Å². The van der Waals surface area contributed by atoms with Gasteiger partial charge in [-0.2, -0.15) is 0 Å². The Kier molecular flexibility index (Phi) is 5.41. The number of carbonyl (C=O) groups is 1. The molecule has 27 heavy (non-hydrogen) atoms. The van der Waals surface area contributed by atoms with Crippen LogP contribution in [-0.2, 0) is 24.3 Å². The van der Waals surface area contributed by atoms with Gasteiger partial charge in [0, 0.05) is 49.8 Å². The Hall–Kier alpha value is -1.98. The number of carbonyl (C=O) groups excluding carboxylic acids is 1. The Morgan fingerprint density at radius 1 is 1.30 bits per heavy atom. The van der Waals surface area contributed by atoms with E-state index in [1.807, 2.05) is 29.3 Å². The van der Waals surface area contributed by atoms with Crippen LogP contribution in [0.1, 0.15) is 54.9 Å². The molecule has 2 aromatic rings. The van der Waals surface area contributed by atoms with E-state index in [9.17, 15) is 4.79 Å². The highest BCUT2D eigenvalue weighted by molar-refractivity contribution is 6.30. The van der Waals surface area contributed by atoms with Gasteiger partial charge < -0.3 is 4.90 Å². The smallest absolute Gasteiger partial charge is 0.219 e. The lowest BCUT2D eigenvalue weighted by atomic mass is 9.99. The minimum absolute atomic E-state index is 0.115. The van der Waals surface area contributed by atoms with Gasteiger partial charge in [-0.25, -0.2) is 9.97 Å². The van der Waals surface area contributed by atoms with Gasteiger partial charge in [0.05, 0.1) is 11.7 Å². The van der Waals surface area contributed by atoms with Crippen molar-refractivity contribution in [1.82, 2.24) is 19.8 Å². The van der Waals surface area contributed by atoms with E-state index in [-0.39, 0.29) is 11.9 Å². The van der Waals surface area contributed by atoms with Crippen LogP contribution in [0.5, 0.6) is 0 Å². The van der Waals surface area contributed by atoms with Crippen LogP contribution in [0, 0.1) is 0 Å². The Labute approximate surface area is 165 Å². The number of nitrogens with zero attached hydrogens (tertiary/aromatic N) is 4. The van der Waals surface area contributed by atoms with E-state index in [0.717, 1.165) is 54.6 Å². The molecule has 1 fully saturated rings. The van der Waals surface area contributed by atoms with E-state index in [0.29, 0.717) is 6.54 Å². The summed E-state index contributed by atoms with van der Waals surface area (Å²) in [5.41, 5.74) is 3.41. The molecule has 1 amide bonds. The number of benzene rings is 1. The second kappa shape index (κ2) is 7.95. The molecule has 2 aliphatic heterocycles. The molecule has 0 saturated carbocycles. The van der Waals surface area contributed by atoms with Crippen molar-refractivity contribution in [1.29, 1.82) is 0 Å². The van der Waals surface area contributed by atoms with Crippen molar-refractivity contribution in [3.8, 4) is 0 Å². The van der Waals surface area contributed by atoms with Gasteiger partial charge in [0.15, 0.2) is 0 Å². The first-order valence-corrected chi connectivity index (χ1v) is 10.1. The van der Waals surface area contributed by atoms with Crippen molar-refractivity contribution in [2.45, 2.75) is 51.7 Å². The van der Waals surface area contributed by atoms with Crippen molar-refractivity contribution < 1.29 is 4.79 Å². The summed E-state index contributed by atoms with van der Waals surface area (Å²) in [7, 11) is 0. The first-order valence-electron chi connectivity index (χ1n) is 9.69. The van der Waals surface area contributed by atoms with Gasteiger partial charge in [-0.05, 0) is 37.1 Å². The summed E-state index contributed by atoms with van der Waals surface area (Å²) in [5, 5.41) is 0.779. The number of piperidine rings is 1. The molecule has 1 aromatic carbocycles. The summed E-state index contributed by atoms with van der Waals surface area (Å²) >= 11 is 6.16. The Balaban J connectivity index is 1.54. The molecule has 2 aliphatic rings. The zero-order chi connectivity index (χ0) is 18.8. The largest absolute Gasteiger partial charge is 0.338 e. The van der Waals surface area contributed by atoms with Crippen LogP contribution in [0.15, 0.2) is 30.5 Å². The molecule has 0 radical (unpaired) electrons. The zero-order valence-electron chi connectivity index (χ0n) is 15.7. The maximum atomic E-state index is 11.6. The van der Waals surface area contributed by atoms with Crippen LogP contribution in [0.4, 0.5) is 0 Å². The highest BCUT2D eigenvalue weighted by atomic mass is 35.5. The fourth-order valence-corrected chi connectivity index (χ4v) is 4.32. The van der Waals surface area contributed by atoms with E-state index in [4.69, 9.17) is 21.6 Å². The summed E-state index contributed by atoms with van der Waals surface area (Å²) in [6.07, 6.45) is 6.23. The van der Waals surface area contributed by atoms with E-state index in [1.165, 1.54) is 18.4 Å². The fraction of sp³-hybridized carbons (Fsp3) is 0.476. The number of halogens is 1. The monoisotopic (exact) mass is 384 g/mol. The minimum Gasteiger partial charge on any atom is -0.338 e. The van der Waals surface area contributed by atoms with Crippen molar-refractivity contribution in [3.05, 3.63) is 58.1 Å². The van der Waals surface area contributed by atoms with Crippen molar-refractivity contribution in [2.75, 3.05) is 13.1 Å². The number of hydrogen-bond acceptors (Lipinski definition) is 4. The standard InChI is InChI=1S/C21H25ClN4O/c1-15(27)25-10-8-19-17(14-25)12-23-21(24-19)20-7-2-3-9-26(20)13-16-5-4-6-18(22)11-16/h4-6,11-12,20H,2-3,7-10,13-14H2,1H3/t20-/m1/s1. The Bertz CT molecular complexity index is 841. The number of rotatable bonds is 3. The third-order valence-electron chi connectivity index (χ3n) is 5.58. The molecule has 5 nitrogen and oxygen atoms in total. The van der Waals surface area contributed by atoms with Gasteiger partial charge >= 0.3 is 0 Å². The van der Waals surface area contributed by atoms with Crippen LogP contribution in [0.2, 0.25) is 5.02 Å². The Morgan fingerprint density at radius 3 is 3.00 bits per heavy atom.